The van der Waals surface area contributed by atoms with E-state index in [4.69, 9.17) is 0 Å². The third-order valence-corrected chi connectivity index (χ3v) is 5.40. The van der Waals surface area contributed by atoms with Crippen LogP contribution in [0.1, 0.15) is 0 Å². The van der Waals surface area contributed by atoms with Crippen LogP contribution in [0, 0.1) is 0 Å². The maximum Gasteiger partial charge on any atom is 0.331 e. The summed E-state index contributed by atoms with van der Waals surface area (Å²) in [6.07, 6.45) is 0.609. The first-order chi connectivity index (χ1) is 9.61. The molecular formula is C6H12F4N4O6S2. The van der Waals surface area contributed by atoms with Gasteiger partial charge in [-0.25, -0.2) is 16.8 Å². The molecule has 10 nitrogen and oxygen atoms in total. The van der Waals surface area contributed by atoms with Gasteiger partial charge in [0.1, 0.15) is 0 Å². The first kappa shape index (κ1) is 19.4. The molecule has 0 bridgehead atoms. The zero-order valence-corrected chi connectivity index (χ0v) is 12.7. The lowest BCUT2D eigenvalue weighted by molar-refractivity contribution is -0.504. The summed E-state index contributed by atoms with van der Waals surface area (Å²) in [6.45, 7) is -2.22. The van der Waals surface area contributed by atoms with Crippen LogP contribution in [0.3, 0.4) is 0 Å². The highest BCUT2D eigenvalue weighted by Gasteiger charge is 2.75. The van der Waals surface area contributed by atoms with Crippen LogP contribution in [0.4, 0.5) is 17.9 Å². The normalized spacial score (nSPS) is 24.1. The number of sulfonamides is 2. The third kappa shape index (κ3) is 2.68. The zero-order chi connectivity index (χ0) is 17.7. The lowest BCUT2D eigenvalue weighted by Gasteiger charge is -2.53. The van der Waals surface area contributed by atoms with E-state index in [-0.39, 0.29) is 6.26 Å². The fourth-order valence-corrected chi connectivity index (χ4v) is 4.19. The summed E-state index contributed by atoms with van der Waals surface area (Å²) in [5.41, 5.74) is 0. The molecule has 1 rings (SSSR count). The van der Waals surface area contributed by atoms with Crippen LogP contribution in [-0.4, -0.2) is 83.6 Å². The van der Waals surface area contributed by atoms with Gasteiger partial charge in [0, 0.05) is 13.1 Å². The molecule has 0 saturated carbocycles. The van der Waals surface area contributed by atoms with Crippen LogP contribution in [0.25, 0.3) is 0 Å². The Labute approximate surface area is 122 Å². The highest BCUT2D eigenvalue weighted by molar-refractivity contribution is 7.88. The molecule has 2 N–H and O–H groups in total. The van der Waals surface area contributed by atoms with Gasteiger partial charge in [-0.15, -0.1) is 4.31 Å². The van der Waals surface area contributed by atoms with Gasteiger partial charge in [-0.05, 0) is 0 Å². The van der Waals surface area contributed by atoms with E-state index in [0.717, 1.165) is 0 Å². The summed E-state index contributed by atoms with van der Waals surface area (Å²) in [4.78, 5) is 0. The van der Waals surface area contributed by atoms with Crippen molar-refractivity contribution in [2.45, 2.75) is 11.7 Å². The van der Waals surface area contributed by atoms with Crippen LogP contribution in [0.5, 0.6) is 0 Å². The largest absolute Gasteiger partial charge is 0.349 e. The molecule has 0 aliphatic carbocycles. The van der Waals surface area contributed by atoms with Gasteiger partial charge in [0.15, 0.2) is 0 Å². The Kier molecular flexibility index (Phi) is 4.84. The summed E-state index contributed by atoms with van der Waals surface area (Å²) < 4.78 is 97.2. The van der Waals surface area contributed by atoms with E-state index in [9.17, 15) is 45.0 Å². The first-order valence-corrected chi connectivity index (χ1v) is 8.95. The third-order valence-electron chi connectivity index (χ3n) is 2.92. The number of hydrogen-bond donors (Lipinski definition) is 2. The number of nitrogens with zero attached hydrogens (tertiary/aromatic N) is 4. The van der Waals surface area contributed by atoms with Gasteiger partial charge in [-0.1, -0.05) is 17.9 Å². The van der Waals surface area contributed by atoms with E-state index in [1.54, 1.807) is 0 Å². The van der Waals surface area contributed by atoms with E-state index in [0.29, 0.717) is 6.26 Å². The van der Waals surface area contributed by atoms with Crippen LogP contribution < -0.4 is 0 Å². The highest BCUT2D eigenvalue weighted by Crippen LogP contribution is 2.43. The molecule has 1 heterocycles. The van der Waals surface area contributed by atoms with Gasteiger partial charge in [0.25, 0.3) is 5.91 Å². The number of hydrogen-bond acceptors (Lipinski definition) is 8. The molecule has 1 aliphatic rings. The Morgan fingerprint density at radius 1 is 0.864 bits per heavy atom. The minimum Gasteiger partial charge on any atom is -0.349 e. The molecule has 0 unspecified atom stereocenters. The smallest absolute Gasteiger partial charge is 0.331 e. The van der Waals surface area contributed by atoms with Gasteiger partial charge >= 0.3 is 5.79 Å². The Morgan fingerprint density at radius 2 is 1.18 bits per heavy atom. The average Bonchev–Trinajstić information content (AvgIpc) is 2.22. The van der Waals surface area contributed by atoms with Crippen molar-refractivity contribution < 1.29 is 45.0 Å². The van der Waals surface area contributed by atoms with Crippen molar-refractivity contribution in [3.8, 4) is 0 Å². The molecule has 0 aromatic rings. The number of piperazine rings is 1. The Hall–Kier alpha value is -0.620. The van der Waals surface area contributed by atoms with E-state index in [1.807, 2.05) is 0 Å². The summed E-state index contributed by atoms with van der Waals surface area (Å²) in [5, 5.41) is 14.4. The molecule has 0 atom stereocenters. The Balaban J connectivity index is 3.75. The number of aliphatic hydroxyl groups is 2. The van der Waals surface area contributed by atoms with Crippen molar-refractivity contribution in [2.24, 2.45) is 0 Å². The summed E-state index contributed by atoms with van der Waals surface area (Å²) in [6, 6.07) is 0. The molecule has 1 saturated heterocycles. The molecule has 0 amide bonds. The summed E-state index contributed by atoms with van der Waals surface area (Å²) in [7, 11) is -9.46. The van der Waals surface area contributed by atoms with Gasteiger partial charge in [-0.3, -0.25) is 0 Å². The van der Waals surface area contributed by atoms with Crippen LogP contribution in [0.15, 0.2) is 0 Å². The van der Waals surface area contributed by atoms with E-state index >= 15 is 0 Å². The Morgan fingerprint density at radius 3 is 1.45 bits per heavy atom. The molecule has 0 spiro atoms. The number of rotatable bonds is 4. The maximum absolute atomic E-state index is 13.1. The van der Waals surface area contributed by atoms with Crippen molar-refractivity contribution in [3.05, 3.63) is 0 Å². The second-order valence-electron chi connectivity index (χ2n) is 4.41. The van der Waals surface area contributed by atoms with Crippen LogP contribution in [0.2, 0.25) is 0 Å². The summed E-state index contributed by atoms with van der Waals surface area (Å²) in [5.74, 6) is -9.18. The van der Waals surface area contributed by atoms with Gasteiger partial charge in [-0.2, -0.15) is 4.31 Å². The summed E-state index contributed by atoms with van der Waals surface area (Å²) >= 11 is 0. The molecule has 22 heavy (non-hydrogen) atoms. The molecule has 132 valence electrons. The highest BCUT2D eigenvalue weighted by atomic mass is 32.2. The minimum absolute atomic E-state index is 0.265. The predicted octanol–water partition coefficient (Wildman–Crippen LogP) is -2.04. The lowest BCUT2D eigenvalue weighted by atomic mass is 10.2. The van der Waals surface area contributed by atoms with Gasteiger partial charge in [0.2, 0.25) is 20.0 Å². The molecular weight excluding hydrogens is 364 g/mol. The average molecular weight is 376 g/mol. The quantitative estimate of drug-likeness (QED) is 0.327. The fraction of sp³-hybridized carbons (Fsp3) is 1.00. The Bertz CT molecular complexity index is 630. The van der Waals surface area contributed by atoms with E-state index < -0.39 is 64.1 Å². The van der Waals surface area contributed by atoms with Crippen molar-refractivity contribution in [1.82, 2.24) is 19.3 Å². The molecule has 1 aliphatic heterocycles. The van der Waals surface area contributed by atoms with E-state index in [2.05, 4.69) is 0 Å². The van der Waals surface area contributed by atoms with Gasteiger partial charge < -0.3 is 10.2 Å². The van der Waals surface area contributed by atoms with Crippen molar-refractivity contribution in [1.29, 1.82) is 0 Å². The maximum atomic E-state index is 13.1. The van der Waals surface area contributed by atoms with Crippen molar-refractivity contribution >= 4 is 20.0 Å². The van der Waals surface area contributed by atoms with Gasteiger partial charge in [0.05, 0.1) is 23.2 Å². The molecule has 16 heteroatoms. The second-order valence-corrected chi connectivity index (χ2v) is 8.22. The minimum atomic E-state index is -4.81. The standard InChI is InChI=1S/C6H12F4N4O6S2/c1-21(17,18)11-3-4-12(22(2,19)20)6(15,16)5(11,13(7)8)14(9)10/h15-16H,3-4H2,1-2H3. The molecule has 1 fully saturated rings. The van der Waals surface area contributed by atoms with E-state index in [1.165, 1.54) is 0 Å². The fourth-order valence-electron chi connectivity index (χ4n) is 2.07. The first-order valence-electron chi connectivity index (χ1n) is 5.25. The lowest BCUT2D eigenvalue weighted by Crippen LogP contribution is -2.83. The van der Waals surface area contributed by atoms with Crippen LogP contribution >= 0.6 is 0 Å². The monoisotopic (exact) mass is 376 g/mol. The molecule has 0 aromatic heterocycles. The van der Waals surface area contributed by atoms with Crippen molar-refractivity contribution in [2.75, 3.05) is 25.6 Å². The topological polar surface area (TPSA) is 122 Å². The molecule has 0 radical (unpaired) electrons. The zero-order valence-electron chi connectivity index (χ0n) is 11.1. The second kappa shape index (κ2) is 5.48. The molecule has 0 aromatic carbocycles. The SMILES string of the molecule is CS(=O)(=O)N1CCN(S(C)(=O)=O)C(N(F)F)(N(F)F)C1(O)O. The predicted molar refractivity (Wildman–Crippen MR) is 61.1 cm³/mol. The van der Waals surface area contributed by atoms with Crippen LogP contribution in [-0.2, 0) is 20.0 Å². The number of halogens is 4. The van der Waals surface area contributed by atoms with Crippen molar-refractivity contribution in [3.63, 3.8) is 0 Å².